The van der Waals surface area contributed by atoms with Crippen molar-refractivity contribution in [2.75, 3.05) is 12.3 Å². The average molecular weight is 363 g/mol. The lowest BCUT2D eigenvalue weighted by Crippen LogP contribution is -1.91. The summed E-state index contributed by atoms with van der Waals surface area (Å²) >= 11 is 24.3. The van der Waals surface area contributed by atoms with Gasteiger partial charge in [0.15, 0.2) is 0 Å². The third-order valence-corrected chi connectivity index (χ3v) is 15.2. The highest BCUT2D eigenvalue weighted by atomic mass is 35.9. The van der Waals surface area contributed by atoms with Crippen molar-refractivity contribution in [1.82, 2.24) is 0 Å². The summed E-state index contributed by atoms with van der Waals surface area (Å²) in [6.07, 6.45) is 3.81. The Morgan fingerprint density at radius 3 is 1.88 bits per heavy atom. The van der Waals surface area contributed by atoms with Gasteiger partial charge in [-0.15, -0.1) is 0 Å². The molecule has 1 aliphatic rings. The summed E-state index contributed by atoms with van der Waals surface area (Å²) in [7, 11) is -1.90. The minimum absolute atomic E-state index is 0.810. The first kappa shape index (κ1) is 15.9. The van der Waals surface area contributed by atoms with Gasteiger partial charge < -0.3 is 0 Å². The van der Waals surface area contributed by atoms with Crippen molar-refractivity contribution in [2.45, 2.75) is 26.7 Å². The Balaban J connectivity index is 3.27. The highest BCUT2D eigenvalue weighted by Gasteiger charge is 2.31. The van der Waals surface area contributed by atoms with Gasteiger partial charge in [-0.3, -0.25) is 0 Å². The van der Waals surface area contributed by atoms with E-state index in [-0.39, 0.29) is 0 Å². The van der Waals surface area contributed by atoms with Gasteiger partial charge in [-0.2, -0.15) is 4.52 Å². The molecule has 1 unspecified atom stereocenters. The Labute approximate surface area is 116 Å². The minimum atomic E-state index is -2.70. The summed E-state index contributed by atoms with van der Waals surface area (Å²) < 4.78 is 12.9. The molecule has 0 amide bonds. The van der Waals surface area contributed by atoms with E-state index in [1.54, 1.807) is 0 Å². The van der Waals surface area contributed by atoms with Crippen LogP contribution in [0.3, 0.4) is 0 Å². The molecule has 0 saturated heterocycles. The van der Waals surface area contributed by atoms with E-state index in [2.05, 4.69) is 20.5 Å². The second-order valence-corrected chi connectivity index (χ2v) is 17.0. The molecule has 0 fully saturated rings. The number of hydrogen-bond donors (Lipinski definition) is 0. The predicted molar refractivity (Wildman–Crippen MR) is 81.8 cm³/mol. The zero-order valence-electron chi connectivity index (χ0n) is 9.02. The zero-order valence-corrected chi connectivity index (χ0v) is 14.7. The van der Waals surface area contributed by atoms with Crippen molar-refractivity contribution in [3.63, 3.8) is 0 Å². The van der Waals surface area contributed by atoms with E-state index >= 15 is 0 Å². The Bertz CT molecular complexity index is 413. The van der Waals surface area contributed by atoms with Crippen LogP contribution in [0, 0.1) is 0 Å². The van der Waals surface area contributed by atoms with Crippen LogP contribution in [0.2, 0.25) is 0 Å². The number of nitrogens with zero attached hydrogens (tertiary/aromatic N) is 3. The number of halogens is 4. The number of rotatable bonds is 4. The summed E-state index contributed by atoms with van der Waals surface area (Å²) in [5, 5.41) is 0. The molecule has 0 radical (unpaired) electrons. The predicted octanol–water partition coefficient (Wildman–Crippen LogP) is 7.78. The van der Waals surface area contributed by atoms with Crippen molar-refractivity contribution >= 4 is 64.0 Å². The van der Waals surface area contributed by atoms with Crippen molar-refractivity contribution in [2.24, 2.45) is 13.5 Å². The Morgan fingerprint density at radius 2 is 1.44 bits per heavy atom. The van der Waals surface area contributed by atoms with E-state index in [9.17, 15) is 0 Å². The average Bonchev–Trinajstić information content (AvgIpc) is 2.10. The Hall–Kier alpha value is 1.85. The third kappa shape index (κ3) is 4.51. The van der Waals surface area contributed by atoms with Crippen molar-refractivity contribution in [1.29, 1.82) is 0 Å². The van der Waals surface area contributed by atoms with E-state index in [4.69, 9.17) is 45.0 Å². The summed E-state index contributed by atoms with van der Waals surface area (Å²) in [5.74, 6) is -5.40. The fraction of sp³-hybridized carbons (Fsp3) is 1.00. The van der Waals surface area contributed by atoms with Gasteiger partial charge in [0, 0.05) is 6.16 Å². The van der Waals surface area contributed by atoms with Crippen LogP contribution in [-0.4, -0.2) is 12.3 Å². The largest absolute Gasteiger partial charge is 0.255 e. The summed E-state index contributed by atoms with van der Waals surface area (Å²) in [5.41, 5.74) is 0. The van der Waals surface area contributed by atoms with Crippen LogP contribution in [-0.2, 0) is 0 Å². The fourth-order valence-electron chi connectivity index (χ4n) is 1.37. The maximum atomic E-state index is 6.07. The second kappa shape index (κ2) is 5.87. The number of hydrogen-bond acceptors (Lipinski definition) is 3. The molecule has 0 aliphatic carbocycles. The second-order valence-electron chi connectivity index (χ2n) is 3.45. The quantitative estimate of drug-likeness (QED) is 0.458. The monoisotopic (exact) mass is 361 g/mol. The summed E-state index contributed by atoms with van der Waals surface area (Å²) in [4.78, 5) is 0. The topological polar surface area (TPSA) is 37.1 Å². The molecule has 0 aromatic carbocycles. The first-order valence-electron chi connectivity index (χ1n) is 4.92. The molecular weight excluding hydrogens is 349 g/mol. The SMILES string of the molecule is CCCCP1(CC)=NP(Cl)(Cl)=NP(Cl)(Cl)=N1. The first-order valence-corrected chi connectivity index (χ1v) is 14.0. The third-order valence-electron chi connectivity index (χ3n) is 2.14. The molecule has 1 rings (SSSR count). The maximum absolute atomic E-state index is 6.07. The van der Waals surface area contributed by atoms with Gasteiger partial charge in [-0.25, -0.2) is 9.03 Å². The summed E-state index contributed by atoms with van der Waals surface area (Å²) in [6.45, 7) is 4.15. The lowest BCUT2D eigenvalue weighted by Gasteiger charge is -2.25. The van der Waals surface area contributed by atoms with E-state index < -0.39 is 19.0 Å². The molecule has 10 heteroatoms. The van der Waals surface area contributed by atoms with Crippen molar-refractivity contribution in [3.8, 4) is 0 Å². The molecule has 0 N–H and O–H groups in total. The molecule has 0 saturated carbocycles. The molecule has 0 spiro atoms. The Kier molecular flexibility index (Phi) is 5.84. The molecule has 16 heavy (non-hydrogen) atoms. The van der Waals surface area contributed by atoms with Gasteiger partial charge in [-0.05, 0) is 57.5 Å². The zero-order chi connectivity index (χ0) is 12.4. The van der Waals surface area contributed by atoms with Gasteiger partial charge >= 0.3 is 0 Å². The standard InChI is InChI=1S/C6H14Cl4N3P3/c1-3-5-6-14(4-2)11-15(7,8)13-16(9,10)12-14/h3-6H2,1-2H3. The molecule has 1 aliphatic heterocycles. The van der Waals surface area contributed by atoms with Crippen LogP contribution >= 0.6 is 64.0 Å². The lowest BCUT2D eigenvalue weighted by molar-refractivity contribution is 0.887. The van der Waals surface area contributed by atoms with E-state index in [1.165, 1.54) is 0 Å². The highest BCUT2D eigenvalue weighted by Crippen LogP contribution is 2.85. The molecule has 0 aromatic heterocycles. The van der Waals surface area contributed by atoms with Gasteiger partial charge in [0.1, 0.15) is 0 Å². The first-order chi connectivity index (χ1) is 7.24. The lowest BCUT2D eigenvalue weighted by atomic mass is 10.4. The molecular formula is C6H14Cl4N3P3. The molecule has 0 bridgehead atoms. The smallest absolute Gasteiger partial charge is 0.213 e. The van der Waals surface area contributed by atoms with Crippen molar-refractivity contribution < 1.29 is 0 Å². The van der Waals surface area contributed by atoms with Crippen LogP contribution in [0.4, 0.5) is 0 Å². The van der Waals surface area contributed by atoms with Gasteiger partial charge in [0.05, 0.1) is 7.21 Å². The molecule has 3 nitrogen and oxygen atoms in total. The normalized spacial score (nSPS) is 31.1. The van der Waals surface area contributed by atoms with Gasteiger partial charge in [0.2, 0.25) is 0 Å². The highest BCUT2D eigenvalue weighted by molar-refractivity contribution is 8.21. The van der Waals surface area contributed by atoms with Gasteiger partial charge in [0.25, 0.3) is 11.8 Å². The fourth-order valence-corrected chi connectivity index (χ4v) is 19.2. The molecule has 1 atom stereocenters. The van der Waals surface area contributed by atoms with Crippen LogP contribution in [0.25, 0.3) is 0 Å². The molecule has 1 heterocycles. The van der Waals surface area contributed by atoms with E-state index in [1.807, 2.05) is 6.92 Å². The maximum Gasteiger partial charge on any atom is 0.255 e. The molecule has 0 aromatic rings. The van der Waals surface area contributed by atoms with Gasteiger partial charge in [-0.1, -0.05) is 20.3 Å². The van der Waals surface area contributed by atoms with Crippen molar-refractivity contribution in [3.05, 3.63) is 0 Å². The van der Waals surface area contributed by atoms with Crippen LogP contribution in [0.15, 0.2) is 13.5 Å². The van der Waals surface area contributed by atoms with Crippen LogP contribution in [0.1, 0.15) is 26.7 Å². The summed E-state index contributed by atoms with van der Waals surface area (Å²) in [6, 6.07) is 0. The van der Waals surface area contributed by atoms with E-state index in [0.717, 1.165) is 25.2 Å². The van der Waals surface area contributed by atoms with Crippen LogP contribution in [0.5, 0.6) is 0 Å². The molecule has 96 valence electrons. The minimum Gasteiger partial charge on any atom is -0.213 e. The van der Waals surface area contributed by atoms with Crippen LogP contribution < -0.4 is 0 Å². The Morgan fingerprint density at radius 1 is 0.875 bits per heavy atom. The van der Waals surface area contributed by atoms with E-state index in [0.29, 0.717) is 0 Å². The number of unbranched alkanes of at least 4 members (excludes halogenated alkanes) is 1.